The van der Waals surface area contributed by atoms with Gasteiger partial charge in [0.1, 0.15) is 6.07 Å². The van der Waals surface area contributed by atoms with Crippen molar-refractivity contribution in [2.45, 2.75) is 6.29 Å². The molecule has 0 unspecified atom stereocenters. The van der Waals surface area contributed by atoms with Gasteiger partial charge in [-0.2, -0.15) is 5.26 Å². The van der Waals surface area contributed by atoms with Crippen molar-refractivity contribution in [3.05, 3.63) is 34.5 Å². The van der Waals surface area contributed by atoms with Crippen LogP contribution in [-0.2, 0) is 7.05 Å². The van der Waals surface area contributed by atoms with E-state index < -0.39 is 6.29 Å². The Kier molecular flexibility index (Phi) is 2.60. The summed E-state index contributed by atoms with van der Waals surface area (Å²) < 4.78 is 1.62. The molecule has 0 aliphatic carbocycles. The van der Waals surface area contributed by atoms with Crippen molar-refractivity contribution in [1.82, 2.24) is 4.57 Å². The van der Waals surface area contributed by atoms with E-state index in [2.05, 4.69) is 0 Å². The van der Waals surface area contributed by atoms with Crippen molar-refractivity contribution in [2.24, 2.45) is 7.05 Å². The molecule has 0 aliphatic rings. The zero-order valence-electron chi connectivity index (χ0n) is 8.48. The molecule has 2 aromatic rings. The number of nitrogens with zero attached hydrogens (tertiary/aromatic N) is 2. The van der Waals surface area contributed by atoms with Crippen LogP contribution in [0.2, 0.25) is 5.02 Å². The number of aromatic nitrogens is 1. The first-order valence-electron chi connectivity index (χ1n) is 4.60. The van der Waals surface area contributed by atoms with Gasteiger partial charge in [0.25, 0.3) is 0 Å². The number of rotatable bonds is 1. The standard InChI is InChI=1S/C11H9ClN2O2/c1-14-9-3-2-8(12)7(5-13)6(9)4-10(14)11(15)16/h2-4,11,15-16H,1H3. The molecular weight excluding hydrogens is 228 g/mol. The van der Waals surface area contributed by atoms with E-state index in [1.54, 1.807) is 29.8 Å². The first-order valence-corrected chi connectivity index (χ1v) is 4.98. The highest BCUT2D eigenvalue weighted by Crippen LogP contribution is 2.29. The number of fused-ring (bicyclic) bond motifs is 1. The fraction of sp³-hybridized carbons (Fsp3) is 0.182. The Hall–Kier alpha value is -1.54. The molecule has 0 radical (unpaired) electrons. The molecule has 0 spiro atoms. The molecule has 0 atom stereocenters. The Labute approximate surface area is 96.9 Å². The first-order chi connectivity index (χ1) is 7.56. The van der Waals surface area contributed by atoms with Crippen molar-refractivity contribution in [3.63, 3.8) is 0 Å². The second kappa shape index (κ2) is 3.80. The lowest BCUT2D eigenvalue weighted by Gasteiger charge is -2.05. The molecule has 2 N–H and O–H groups in total. The summed E-state index contributed by atoms with van der Waals surface area (Å²) in [5, 5.41) is 28.3. The fourth-order valence-corrected chi connectivity index (χ4v) is 1.97. The van der Waals surface area contributed by atoms with Crippen molar-refractivity contribution >= 4 is 22.5 Å². The number of aliphatic hydroxyl groups excluding tert-OH is 1. The van der Waals surface area contributed by atoms with Gasteiger partial charge < -0.3 is 14.8 Å². The van der Waals surface area contributed by atoms with Crippen LogP contribution in [0.25, 0.3) is 10.9 Å². The zero-order chi connectivity index (χ0) is 11.9. The molecule has 0 fully saturated rings. The van der Waals surface area contributed by atoms with E-state index in [1.165, 1.54) is 0 Å². The lowest BCUT2D eigenvalue weighted by molar-refractivity contribution is -0.0475. The topological polar surface area (TPSA) is 69.2 Å². The third kappa shape index (κ3) is 1.46. The van der Waals surface area contributed by atoms with Crippen LogP contribution in [-0.4, -0.2) is 14.8 Å². The number of nitriles is 1. The van der Waals surface area contributed by atoms with E-state index in [9.17, 15) is 0 Å². The van der Waals surface area contributed by atoms with Crippen LogP contribution >= 0.6 is 11.6 Å². The second-order valence-corrected chi connectivity index (χ2v) is 3.88. The van der Waals surface area contributed by atoms with Crippen LogP contribution in [0.1, 0.15) is 17.5 Å². The molecular formula is C11H9ClN2O2. The normalized spacial score (nSPS) is 11.0. The van der Waals surface area contributed by atoms with Gasteiger partial charge in [-0.25, -0.2) is 0 Å². The van der Waals surface area contributed by atoms with Crippen LogP contribution < -0.4 is 0 Å². The number of benzene rings is 1. The first kappa shape index (κ1) is 11.0. The molecule has 0 aliphatic heterocycles. The molecule has 0 saturated carbocycles. The summed E-state index contributed by atoms with van der Waals surface area (Å²) in [7, 11) is 1.70. The minimum absolute atomic E-state index is 0.328. The van der Waals surface area contributed by atoms with Gasteiger partial charge in [0.15, 0.2) is 6.29 Å². The maximum atomic E-state index is 9.16. The molecule has 0 saturated heterocycles. The van der Waals surface area contributed by atoms with Gasteiger partial charge >= 0.3 is 0 Å². The van der Waals surface area contributed by atoms with Gasteiger partial charge in [0.05, 0.1) is 16.3 Å². The predicted octanol–water partition coefficient (Wildman–Crippen LogP) is 1.69. The summed E-state index contributed by atoms with van der Waals surface area (Å²) in [6.07, 6.45) is -1.57. The van der Waals surface area contributed by atoms with Crippen molar-refractivity contribution in [1.29, 1.82) is 5.26 Å². The predicted molar refractivity (Wildman–Crippen MR) is 59.8 cm³/mol. The van der Waals surface area contributed by atoms with E-state index >= 15 is 0 Å². The number of aryl methyl sites for hydroxylation is 1. The Morgan fingerprint density at radius 3 is 2.69 bits per heavy atom. The molecule has 1 aromatic heterocycles. The summed E-state index contributed by atoms with van der Waals surface area (Å²) in [4.78, 5) is 0. The van der Waals surface area contributed by atoms with Crippen LogP contribution in [0.5, 0.6) is 0 Å². The number of aliphatic hydroxyl groups is 2. The maximum absolute atomic E-state index is 9.16. The van der Waals surface area contributed by atoms with Gasteiger partial charge in [-0.15, -0.1) is 0 Å². The van der Waals surface area contributed by atoms with Crippen molar-refractivity contribution < 1.29 is 10.2 Å². The van der Waals surface area contributed by atoms with Gasteiger partial charge in [-0.05, 0) is 18.2 Å². The van der Waals surface area contributed by atoms with Crippen LogP contribution in [0, 0.1) is 11.3 Å². The fourth-order valence-electron chi connectivity index (χ4n) is 1.77. The Morgan fingerprint density at radius 1 is 1.44 bits per heavy atom. The molecule has 16 heavy (non-hydrogen) atoms. The van der Waals surface area contributed by atoms with Crippen molar-refractivity contribution in [3.8, 4) is 6.07 Å². The zero-order valence-corrected chi connectivity index (χ0v) is 9.23. The van der Waals surface area contributed by atoms with Crippen LogP contribution in [0.3, 0.4) is 0 Å². The van der Waals surface area contributed by atoms with Crippen LogP contribution in [0.4, 0.5) is 0 Å². The highest BCUT2D eigenvalue weighted by molar-refractivity contribution is 6.32. The Balaban J connectivity index is 2.87. The number of hydrogen-bond acceptors (Lipinski definition) is 3. The number of halogens is 1. The van der Waals surface area contributed by atoms with E-state index in [4.69, 9.17) is 27.1 Å². The molecule has 4 nitrogen and oxygen atoms in total. The largest absolute Gasteiger partial charge is 0.363 e. The summed E-state index contributed by atoms with van der Waals surface area (Å²) in [5.41, 5.74) is 1.42. The summed E-state index contributed by atoms with van der Waals surface area (Å²) in [6, 6.07) is 6.93. The average Bonchev–Trinajstić information content (AvgIpc) is 2.56. The smallest absolute Gasteiger partial charge is 0.194 e. The summed E-state index contributed by atoms with van der Waals surface area (Å²) in [6.45, 7) is 0. The minimum atomic E-state index is -1.57. The summed E-state index contributed by atoms with van der Waals surface area (Å²) in [5.74, 6) is 0. The highest BCUT2D eigenvalue weighted by atomic mass is 35.5. The van der Waals surface area contributed by atoms with Crippen molar-refractivity contribution in [2.75, 3.05) is 0 Å². The van der Waals surface area contributed by atoms with E-state index in [1.807, 2.05) is 6.07 Å². The van der Waals surface area contributed by atoms with E-state index in [0.717, 1.165) is 5.52 Å². The molecule has 5 heteroatoms. The summed E-state index contributed by atoms with van der Waals surface area (Å²) >= 11 is 5.89. The molecule has 82 valence electrons. The molecule has 0 bridgehead atoms. The third-order valence-electron chi connectivity index (χ3n) is 2.59. The molecule has 1 heterocycles. The number of hydrogen-bond donors (Lipinski definition) is 2. The average molecular weight is 237 g/mol. The van der Waals surface area contributed by atoms with Gasteiger partial charge in [-0.3, -0.25) is 0 Å². The molecule has 0 amide bonds. The van der Waals surface area contributed by atoms with E-state index in [-0.39, 0.29) is 0 Å². The van der Waals surface area contributed by atoms with Crippen LogP contribution in [0.15, 0.2) is 18.2 Å². The lowest BCUT2D eigenvalue weighted by Crippen LogP contribution is -2.02. The Bertz CT molecular complexity index is 596. The van der Waals surface area contributed by atoms with E-state index in [0.29, 0.717) is 21.7 Å². The van der Waals surface area contributed by atoms with Gasteiger partial charge in [-0.1, -0.05) is 11.6 Å². The Morgan fingerprint density at radius 2 is 2.12 bits per heavy atom. The van der Waals surface area contributed by atoms with Gasteiger partial charge in [0.2, 0.25) is 0 Å². The maximum Gasteiger partial charge on any atom is 0.194 e. The highest BCUT2D eigenvalue weighted by Gasteiger charge is 2.15. The second-order valence-electron chi connectivity index (χ2n) is 3.47. The quantitative estimate of drug-likeness (QED) is 0.741. The lowest BCUT2D eigenvalue weighted by atomic mass is 10.1. The van der Waals surface area contributed by atoms with Gasteiger partial charge in [0, 0.05) is 18.0 Å². The third-order valence-corrected chi connectivity index (χ3v) is 2.90. The SMILES string of the molecule is Cn1c(C(O)O)cc2c(C#N)c(Cl)ccc21. The minimum Gasteiger partial charge on any atom is -0.363 e. The molecule has 1 aromatic carbocycles. The monoisotopic (exact) mass is 236 g/mol. The molecule has 2 rings (SSSR count).